The summed E-state index contributed by atoms with van der Waals surface area (Å²) in [5.74, 6) is 2.04. The molecule has 1 rings (SSSR count). The van der Waals surface area contributed by atoms with Crippen LogP contribution in [0.4, 0.5) is 0 Å². The van der Waals surface area contributed by atoms with Gasteiger partial charge in [0.1, 0.15) is 0 Å². The van der Waals surface area contributed by atoms with Crippen molar-refractivity contribution in [2.45, 2.75) is 65.2 Å². The van der Waals surface area contributed by atoms with E-state index in [0.717, 1.165) is 11.8 Å². The zero-order valence-electron chi connectivity index (χ0n) is 8.81. The maximum Gasteiger partial charge on any atom is -0.0412 e. The fourth-order valence-corrected chi connectivity index (χ4v) is 2.34. The molecule has 12 heavy (non-hydrogen) atoms. The lowest BCUT2D eigenvalue weighted by Gasteiger charge is -2.17. The van der Waals surface area contributed by atoms with Crippen LogP contribution in [0.5, 0.6) is 0 Å². The zero-order valence-corrected chi connectivity index (χ0v) is 8.81. The van der Waals surface area contributed by atoms with E-state index in [9.17, 15) is 0 Å². The van der Waals surface area contributed by atoms with Crippen molar-refractivity contribution in [3.8, 4) is 0 Å². The van der Waals surface area contributed by atoms with Crippen LogP contribution in [-0.4, -0.2) is 0 Å². The van der Waals surface area contributed by atoms with Gasteiger partial charge < -0.3 is 0 Å². The van der Waals surface area contributed by atoms with E-state index in [1.807, 2.05) is 0 Å². The molecule has 0 heterocycles. The topological polar surface area (TPSA) is 0 Å². The molecule has 0 radical (unpaired) electrons. The average molecular weight is 168 g/mol. The molecule has 1 fully saturated rings. The number of rotatable bonds is 3. The monoisotopic (exact) mass is 168 g/mol. The summed E-state index contributed by atoms with van der Waals surface area (Å²) in [5.41, 5.74) is 0. The number of hydrogen-bond donors (Lipinski definition) is 0. The second kappa shape index (κ2) is 5.61. The second-order valence-electron chi connectivity index (χ2n) is 4.61. The Balaban J connectivity index is 2.20. The molecule has 72 valence electrons. The Hall–Kier alpha value is 0. The molecule has 0 unspecified atom stereocenters. The Morgan fingerprint density at radius 1 is 1.08 bits per heavy atom. The maximum absolute atomic E-state index is 2.41. The summed E-state index contributed by atoms with van der Waals surface area (Å²) in [4.78, 5) is 0. The summed E-state index contributed by atoms with van der Waals surface area (Å²) < 4.78 is 0. The van der Waals surface area contributed by atoms with E-state index in [1.165, 1.54) is 51.4 Å². The maximum atomic E-state index is 2.41. The molecule has 0 heteroatoms. The molecule has 0 spiro atoms. The van der Waals surface area contributed by atoms with Crippen LogP contribution in [0.15, 0.2) is 0 Å². The van der Waals surface area contributed by atoms with Gasteiger partial charge in [-0.1, -0.05) is 58.8 Å². The Kier molecular flexibility index (Phi) is 4.72. The fourth-order valence-electron chi connectivity index (χ4n) is 2.34. The Labute approximate surface area is 77.7 Å². The van der Waals surface area contributed by atoms with Crippen molar-refractivity contribution >= 4 is 0 Å². The van der Waals surface area contributed by atoms with E-state index in [4.69, 9.17) is 0 Å². The normalized spacial score (nSPS) is 23.5. The predicted molar refractivity (Wildman–Crippen MR) is 55.3 cm³/mol. The first-order chi connectivity index (χ1) is 5.83. The molecule has 1 aliphatic carbocycles. The van der Waals surface area contributed by atoms with Gasteiger partial charge in [-0.15, -0.1) is 0 Å². The molecule has 0 aliphatic heterocycles. The molecular formula is C12H24. The van der Waals surface area contributed by atoms with Crippen LogP contribution in [0.3, 0.4) is 0 Å². The molecule has 0 aromatic rings. The van der Waals surface area contributed by atoms with Crippen LogP contribution in [0, 0.1) is 11.8 Å². The summed E-state index contributed by atoms with van der Waals surface area (Å²) >= 11 is 0. The van der Waals surface area contributed by atoms with Crippen molar-refractivity contribution in [2.24, 2.45) is 11.8 Å². The average Bonchev–Trinajstić information content (AvgIpc) is 2.33. The first-order valence-corrected chi connectivity index (χ1v) is 5.83. The fraction of sp³-hybridized carbons (Fsp3) is 1.00. The third-order valence-electron chi connectivity index (χ3n) is 3.41. The highest BCUT2D eigenvalue weighted by Crippen LogP contribution is 2.28. The molecule has 0 saturated heterocycles. The molecular weight excluding hydrogens is 144 g/mol. The third-order valence-corrected chi connectivity index (χ3v) is 3.41. The first-order valence-electron chi connectivity index (χ1n) is 5.83. The van der Waals surface area contributed by atoms with Crippen molar-refractivity contribution < 1.29 is 0 Å². The van der Waals surface area contributed by atoms with Crippen LogP contribution in [-0.2, 0) is 0 Å². The van der Waals surface area contributed by atoms with Gasteiger partial charge in [0.15, 0.2) is 0 Å². The predicted octanol–water partition coefficient (Wildman–Crippen LogP) is 4.39. The molecule has 0 N–H and O–H groups in total. The van der Waals surface area contributed by atoms with Crippen molar-refractivity contribution in [3.05, 3.63) is 0 Å². The molecule has 0 aromatic heterocycles. The largest absolute Gasteiger partial charge is 0.0651 e. The lowest BCUT2D eigenvalue weighted by Crippen LogP contribution is -2.04. The van der Waals surface area contributed by atoms with E-state index in [2.05, 4.69) is 13.8 Å². The van der Waals surface area contributed by atoms with Crippen molar-refractivity contribution in [1.29, 1.82) is 0 Å². The standard InChI is InChI=1S/C12H24/c1-3-11(2)10-12-8-6-4-5-7-9-12/h11-12H,3-10H2,1-2H3/t11-/m0/s1. The summed E-state index contributed by atoms with van der Waals surface area (Å²) in [6, 6.07) is 0. The van der Waals surface area contributed by atoms with Gasteiger partial charge in [0.2, 0.25) is 0 Å². The van der Waals surface area contributed by atoms with E-state index in [-0.39, 0.29) is 0 Å². The van der Waals surface area contributed by atoms with Crippen LogP contribution >= 0.6 is 0 Å². The van der Waals surface area contributed by atoms with Crippen molar-refractivity contribution in [3.63, 3.8) is 0 Å². The molecule has 1 aliphatic rings. The van der Waals surface area contributed by atoms with Crippen molar-refractivity contribution in [2.75, 3.05) is 0 Å². The molecule has 0 amide bonds. The van der Waals surface area contributed by atoms with Gasteiger partial charge >= 0.3 is 0 Å². The van der Waals surface area contributed by atoms with Gasteiger partial charge in [-0.25, -0.2) is 0 Å². The van der Waals surface area contributed by atoms with Gasteiger partial charge in [-0.3, -0.25) is 0 Å². The lowest BCUT2D eigenvalue weighted by atomic mass is 9.89. The summed E-state index contributed by atoms with van der Waals surface area (Å²) in [6.45, 7) is 4.73. The highest BCUT2D eigenvalue weighted by atomic mass is 14.2. The highest BCUT2D eigenvalue weighted by Gasteiger charge is 2.14. The minimum absolute atomic E-state index is 0.966. The smallest absolute Gasteiger partial charge is 0.0412 e. The molecule has 1 saturated carbocycles. The van der Waals surface area contributed by atoms with Gasteiger partial charge in [0.05, 0.1) is 0 Å². The van der Waals surface area contributed by atoms with E-state index in [1.54, 1.807) is 0 Å². The summed E-state index contributed by atoms with van der Waals surface area (Å²) in [5, 5.41) is 0. The molecule has 0 nitrogen and oxygen atoms in total. The summed E-state index contributed by atoms with van der Waals surface area (Å²) in [7, 11) is 0. The van der Waals surface area contributed by atoms with Crippen LogP contribution in [0.25, 0.3) is 0 Å². The molecule has 0 bridgehead atoms. The van der Waals surface area contributed by atoms with Crippen LogP contribution in [0.1, 0.15) is 65.2 Å². The molecule has 0 aromatic carbocycles. The minimum Gasteiger partial charge on any atom is -0.0651 e. The lowest BCUT2D eigenvalue weighted by molar-refractivity contribution is 0.349. The summed E-state index contributed by atoms with van der Waals surface area (Å²) in [6.07, 6.45) is 11.9. The van der Waals surface area contributed by atoms with Gasteiger partial charge in [0.25, 0.3) is 0 Å². The van der Waals surface area contributed by atoms with Gasteiger partial charge in [-0.2, -0.15) is 0 Å². The Morgan fingerprint density at radius 3 is 2.17 bits per heavy atom. The second-order valence-corrected chi connectivity index (χ2v) is 4.61. The van der Waals surface area contributed by atoms with Gasteiger partial charge in [0, 0.05) is 0 Å². The third kappa shape index (κ3) is 3.60. The van der Waals surface area contributed by atoms with Crippen LogP contribution in [0.2, 0.25) is 0 Å². The molecule has 1 atom stereocenters. The van der Waals surface area contributed by atoms with E-state index in [0.29, 0.717) is 0 Å². The van der Waals surface area contributed by atoms with Gasteiger partial charge in [-0.05, 0) is 18.3 Å². The minimum atomic E-state index is 0.966. The highest BCUT2D eigenvalue weighted by molar-refractivity contribution is 4.66. The van der Waals surface area contributed by atoms with E-state index >= 15 is 0 Å². The SMILES string of the molecule is CC[C@H](C)CC1CCCCCC1. The van der Waals surface area contributed by atoms with E-state index < -0.39 is 0 Å². The zero-order chi connectivity index (χ0) is 8.81. The quantitative estimate of drug-likeness (QED) is 0.548. The Morgan fingerprint density at radius 2 is 1.67 bits per heavy atom. The Bertz CT molecular complexity index is 98.6. The van der Waals surface area contributed by atoms with Crippen molar-refractivity contribution in [1.82, 2.24) is 0 Å². The van der Waals surface area contributed by atoms with Crippen LogP contribution < -0.4 is 0 Å². The first kappa shape index (κ1) is 10.1. The number of hydrogen-bond acceptors (Lipinski definition) is 0.